The second kappa shape index (κ2) is 7.09. The highest BCUT2D eigenvalue weighted by atomic mass is 32.1. The molecule has 21 heavy (non-hydrogen) atoms. The van der Waals surface area contributed by atoms with Crippen LogP contribution in [0.4, 0.5) is 10.8 Å². The number of hydrogen-bond acceptors (Lipinski definition) is 6. The van der Waals surface area contributed by atoms with Crippen molar-refractivity contribution >= 4 is 28.3 Å². The van der Waals surface area contributed by atoms with Crippen molar-refractivity contribution in [2.45, 2.75) is 51.7 Å². The van der Waals surface area contributed by atoms with E-state index >= 15 is 0 Å². The molecule has 2 rings (SSSR count). The van der Waals surface area contributed by atoms with Gasteiger partial charge in [0.25, 0.3) is 5.91 Å². The van der Waals surface area contributed by atoms with Crippen LogP contribution in [0.5, 0.6) is 0 Å². The number of nitrogens with one attached hydrogen (secondary N) is 2. The molecule has 0 radical (unpaired) electrons. The molecule has 0 bridgehead atoms. The lowest BCUT2D eigenvalue weighted by atomic mass is 9.87. The topological polar surface area (TPSA) is 100 Å². The third-order valence-corrected chi connectivity index (χ3v) is 4.49. The van der Waals surface area contributed by atoms with Gasteiger partial charge in [0.15, 0.2) is 5.82 Å². The van der Waals surface area contributed by atoms with Crippen molar-refractivity contribution in [3.63, 3.8) is 0 Å². The Morgan fingerprint density at radius 2 is 2.29 bits per heavy atom. The van der Waals surface area contributed by atoms with Gasteiger partial charge in [-0.15, -0.1) is 0 Å². The van der Waals surface area contributed by atoms with Gasteiger partial charge in [-0.3, -0.25) is 4.79 Å². The molecule has 6 nitrogen and oxygen atoms in total. The van der Waals surface area contributed by atoms with Crippen molar-refractivity contribution in [2.75, 3.05) is 17.6 Å². The Balaban J connectivity index is 1.98. The second-order valence-electron chi connectivity index (χ2n) is 5.97. The van der Waals surface area contributed by atoms with E-state index in [1.807, 2.05) is 13.8 Å². The summed E-state index contributed by atoms with van der Waals surface area (Å²) in [6, 6.07) is 0.0538. The molecule has 1 heterocycles. The van der Waals surface area contributed by atoms with E-state index in [-0.39, 0.29) is 23.9 Å². The molecule has 0 aromatic carbocycles. The van der Waals surface area contributed by atoms with Crippen LogP contribution in [0.25, 0.3) is 0 Å². The van der Waals surface area contributed by atoms with Crippen molar-refractivity contribution in [3.8, 4) is 0 Å². The normalized spacial score (nSPS) is 22.3. The minimum Gasteiger partial charge on any atom is -0.393 e. The summed E-state index contributed by atoms with van der Waals surface area (Å²) in [5, 5.41) is 16.5. The summed E-state index contributed by atoms with van der Waals surface area (Å²) in [6.45, 7) is 4.55. The fourth-order valence-corrected chi connectivity index (χ4v) is 3.38. The Morgan fingerprint density at radius 1 is 1.52 bits per heavy atom. The maximum atomic E-state index is 12.2. The number of nitrogen functional groups attached to an aromatic ring is 1. The Bertz CT molecular complexity index is 489. The molecule has 1 aromatic rings. The smallest absolute Gasteiger partial charge is 0.258 e. The average molecular weight is 312 g/mol. The van der Waals surface area contributed by atoms with Crippen LogP contribution in [0.2, 0.25) is 0 Å². The number of aromatic nitrogens is 1. The first-order valence-corrected chi connectivity index (χ1v) is 8.22. The predicted octanol–water partition coefficient (Wildman–Crippen LogP) is 1.83. The van der Waals surface area contributed by atoms with Gasteiger partial charge in [-0.2, -0.15) is 4.37 Å². The molecule has 5 N–H and O–H groups in total. The summed E-state index contributed by atoms with van der Waals surface area (Å²) < 4.78 is 4.07. The van der Waals surface area contributed by atoms with Gasteiger partial charge in [0, 0.05) is 12.6 Å². The SMILES string of the molecule is CC(C)NC(=O)c1c(N)nsc1NCC1CCCC(O)C1. The van der Waals surface area contributed by atoms with Crippen LogP contribution in [0.3, 0.4) is 0 Å². The molecule has 0 spiro atoms. The number of carbonyl (C=O) groups is 1. The van der Waals surface area contributed by atoms with Crippen molar-refractivity contribution in [1.29, 1.82) is 0 Å². The molecule has 1 aliphatic rings. The molecule has 1 aromatic heterocycles. The van der Waals surface area contributed by atoms with Gasteiger partial charge >= 0.3 is 0 Å². The number of anilines is 2. The van der Waals surface area contributed by atoms with Crippen molar-refractivity contribution in [3.05, 3.63) is 5.56 Å². The number of aliphatic hydroxyl groups excluding tert-OH is 1. The first-order valence-electron chi connectivity index (χ1n) is 7.45. The summed E-state index contributed by atoms with van der Waals surface area (Å²) in [5.74, 6) is 0.504. The number of rotatable bonds is 5. The Labute approximate surface area is 129 Å². The van der Waals surface area contributed by atoms with Crippen LogP contribution < -0.4 is 16.4 Å². The Kier molecular flexibility index (Phi) is 5.41. The van der Waals surface area contributed by atoms with E-state index in [4.69, 9.17) is 5.73 Å². The fourth-order valence-electron chi connectivity index (χ4n) is 2.66. The van der Waals surface area contributed by atoms with Gasteiger partial charge in [0.2, 0.25) is 0 Å². The molecule has 0 saturated heterocycles. The van der Waals surface area contributed by atoms with E-state index in [1.54, 1.807) is 0 Å². The van der Waals surface area contributed by atoms with Crippen molar-refractivity contribution < 1.29 is 9.90 Å². The van der Waals surface area contributed by atoms with Gasteiger partial charge in [-0.05, 0) is 50.6 Å². The number of nitrogens with zero attached hydrogens (tertiary/aromatic N) is 1. The van der Waals surface area contributed by atoms with E-state index in [9.17, 15) is 9.90 Å². The molecule has 1 aliphatic carbocycles. The fraction of sp³-hybridized carbons (Fsp3) is 0.714. The van der Waals surface area contributed by atoms with Gasteiger partial charge in [0.1, 0.15) is 10.6 Å². The summed E-state index contributed by atoms with van der Waals surface area (Å²) in [6.07, 6.45) is 3.67. The van der Waals surface area contributed by atoms with Crippen molar-refractivity contribution in [1.82, 2.24) is 9.69 Å². The molecule has 1 fully saturated rings. The van der Waals surface area contributed by atoms with Gasteiger partial charge in [0.05, 0.1) is 6.10 Å². The van der Waals surface area contributed by atoms with E-state index < -0.39 is 0 Å². The second-order valence-corrected chi connectivity index (χ2v) is 6.74. The molecule has 1 saturated carbocycles. The van der Waals surface area contributed by atoms with E-state index in [1.165, 1.54) is 11.5 Å². The average Bonchev–Trinajstić information content (AvgIpc) is 2.77. The zero-order chi connectivity index (χ0) is 15.4. The van der Waals surface area contributed by atoms with Gasteiger partial charge in [-0.1, -0.05) is 6.42 Å². The van der Waals surface area contributed by atoms with Crippen LogP contribution in [-0.4, -0.2) is 34.1 Å². The number of hydrogen-bond donors (Lipinski definition) is 4. The molecule has 2 atom stereocenters. The number of nitrogens with two attached hydrogens (primary N) is 1. The molecular formula is C14H24N4O2S. The predicted molar refractivity (Wildman–Crippen MR) is 85.6 cm³/mol. The lowest BCUT2D eigenvalue weighted by Crippen LogP contribution is -2.31. The summed E-state index contributed by atoms with van der Waals surface area (Å²) in [5.41, 5.74) is 6.24. The first-order chi connectivity index (χ1) is 9.97. The minimum absolute atomic E-state index is 0.0538. The minimum atomic E-state index is -0.194. The molecule has 0 aliphatic heterocycles. The number of aliphatic hydroxyl groups is 1. The lowest BCUT2D eigenvalue weighted by Gasteiger charge is -2.26. The number of amides is 1. The van der Waals surface area contributed by atoms with Crippen LogP contribution in [0.1, 0.15) is 49.9 Å². The lowest BCUT2D eigenvalue weighted by molar-refractivity contribution is 0.0944. The Morgan fingerprint density at radius 3 is 2.95 bits per heavy atom. The number of carbonyl (C=O) groups excluding carboxylic acids is 1. The Hall–Kier alpha value is -1.34. The quantitative estimate of drug-likeness (QED) is 0.664. The molecule has 7 heteroatoms. The summed E-state index contributed by atoms with van der Waals surface area (Å²) >= 11 is 1.21. The van der Waals surface area contributed by atoms with Crippen LogP contribution in [0.15, 0.2) is 0 Å². The van der Waals surface area contributed by atoms with Gasteiger partial charge < -0.3 is 21.5 Å². The third kappa shape index (κ3) is 4.31. The standard InChI is InChI=1S/C14H24N4O2S/c1-8(2)17-13(20)11-12(15)18-21-14(11)16-7-9-4-3-5-10(19)6-9/h8-10,16,19H,3-7H2,1-2H3,(H2,15,18)(H,17,20). The highest BCUT2D eigenvalue weighted by molar-refractivity contribution is 7.11. The molecule has 2 unspecified atom stereocenters. The van der Waals surface area contributed by atoms with Crippen LogP contribution in [-0.2, 0) is 0 Å². The van der Waals surface area contributed by atoms with E-state index in [0.717, 1.165) is 32.2 Å². The molecule has 1 amide bonds. The highest BCUT2D eigenvalue weighted by Gasteiger charge is 2.23. The van der Waals surface area contributed by atoms with Crippen LogP contribution >= 0.6 is 11.5 Å². The van der Waals surface area contributed by atoms with Gasteiger partial charge in [-0.25, -0.2) is 0 Å². The summed E-state index contributed by atoms with van der Waals surface area (Å²) in [7, 11) is 0. The molecule has 118 valence electrons. The van der Waals surface area contributed by atoms with E-state index in [0.29, 0.717) is 16.5 Å². The zero-order valence-corrected chi connectivity index (χ0v) is 13.4. The molecular weight excluding hydrogens is 288 g/mol. The zero-order valence-electron chi connectivity index (χ0n) is 12.6. The summed E-state index contributed by atoms with van der Waals surface area (Å²) in [4.78, 5) is 12.2. The van der Waals surface area contributed by atoms with Crippen molar-refractivity contribution in [2.24, 2.45) is 5.92 Å². The maximum Gasteiger partial charge on any atom is 0.258 e. The maximum absolute atomic E-state index is 12.2. The van der Waals surface area contributed by atoms with Crippen LogP contribution in [0, 0.1) is 5.92 Å². The first kappa shape index (κ1) is 16.0. The van der Waals surface area contributed by atoms with E-state index in [2.05, 4.69) is 15.0 Å². The largest absolute Gasteiger partial charge is 0.393 e. The highest BCUT2D eigenvalue weighted by Crippen LogP contribution is 2.29. The monoisotopic (exact) mass is 312 g/mol. The third-order valence-electron chi connectivity index (χ3n) is 3.67.